The number of nitrogens with one attached hydrogen (secondary N) is 1. The Morgan fingerprint density at radius 3 is 2.26 bits per heavy atom. The van der Waals surface area contributed by atoms with E-state index >= 15 is 0 Å². The zero-order chi connectivity index (χ0) is 27.8. The van der Waals surface area contributed by atoms with Gasteiger partial charge in [0.15, 0.2) is 0 Å². The van der Waals surface area contributed by atoms with Gasteiger partial charge in [0.05, 0.1) is 10.6 Å². The van der Waals surface area contributed by atoms with Crippen molar-refractivity contribution in [2.45, 2.75) is 23.5 Å². The van der Waals surface area contributed by atoms with Crippen molar-refractivity contribution in [1.82, 2.24) is 20.1 Å². The molecule has 3 heterocycles. The van der Waals surface area contributed by atoms with Gasteiger partial charge in [-0.1, -0.05) is 0 Å². The fraction of sp³-hybridized carbons (Fsp3) is 0.391. The summed E-state index contributed by atoms with van der Waals surface area (Å²) in [6.07, 6.45) is 0.505. The van der Waals surface area contributed by atoms with Crippen LogP contribution in [0.2, 0.25) is 0 Å². The van der Waals surface area contributed by atoms with Gasteiger partial charge in [-0.3, -0.25) is 14.5 Å². The number of urea groups is 1. The molecule has 0 bridgehead atoms. The maximum atomic E-state index is 13.3. The second-order valence-electron chi connectivity index (χ2n) is 8.92. The molecule has 1 N–H and O–H groups in total. The highest BCUT2D eigenvalue weighted by atomic mass is 32.2. The fourth-order valence-corrected chi connectivity index (χ4v) is 4.99. The first-order valence-electron chi connectivity index (χ1n) is 11.5. The zero-order valence-corrected chi connectivity index (χ0v) is 21.3. The van der Waals surface area contributed by atoms with Gasteiger partial charge in [-0.05, 0) is 49.0 Å². The maximum Gasteiger partial charge on any atom is 0.501 e. The lowest BCUT2D eigenvalue weighted by molar-refractivity contribution is -0.121. The van der Waals surface area contributed by atoms with Crippen molar-refractivity contribution in [3.05, 3.63) is 48.2 Å². The molecular formula is C23H25F3N6O5S. The Balaban J connectivity index is 1.61. The van der Waals surface area contributed by atoms with Gasteiger partial charge in [-0.15, -0.1) is 0 Å². The number of hydrogen-bond acceptors (Lipinski definition) is 8. The predicted molar refractivity (Wildman–Crippen MR) is 130 cm³/mol. The summed E-state index contributed by atoms with van der Waals surface area (Å²) < 4.78 is 61.9. The summed E-state index contributed by atoms with van der Waals surface area (Å²) in [5.74, 6) is -0.527. The number of hydrogen-bond donors (Lipinski definition) is 1. The highest BCUT2D eigenvalue weighted by Gasteiger charge is 2.47. The topological polar surface area (TPSA) is 123 Å². The lowest BCUT2D eigenvalue weighted by Gasteiger charge is -2.34. The van der Waals surface area contributed by atoms with E-state index in [2.05, 4.69) is 20.1 Å². The van der Waals surface area contributed by atoms with Crippen molar-refractivity contribution < 1.29 is 36.0 Å². The van der Waals surface area contributed by atoms with Gasteiger partial charge in [-0.25, -0.2) is 23.1 Å². The molecule has 2 aliphatic heterocycles. The molecule has 2 saturated heterocycles. The van der Waals surface area contributed by atoms with E-state index < -0.39 is 50.8 Å². The minimum Gasteiger partial charge on any atom is -0.354 e. The molecule has 0 aliphatic carbocycles. The quantitative estimate of drug-likeness (QED) is 0.536. The average Bonchev–Trinajstić information content (AvgIpc) is 3.15. The Bertz CT molecular complexity index is 1340. The third-order valence-electron chi connectivity index (χ3n) is 6.27. The third kappa shape index (κ3) is 5.29. The van der Waals surface area contributed by atoms with Crippen LogP contribution in [0.5, 0.6) is 0 Å². The highest BCUT2D eigenvalue weighted by molar-refractivity contribution is 7.92. The maximum absolute atomic E-state index is 13.3. The summed E-state index contributed by atoms with van der Waals surface area (Å²) in [5.41, 5.74) is -5.11. The van der Waals surface area contributed by atoms with Crippen LogP contribution in [0.4, 0.5) is 29.5 Å². The van der Waals surface area contributed by atoms with E-state index in [1.54, 1.807) is 12.1 Å². The van der Waals surface area contributed by atoms with Gasteiger partial charge in [0.2, 0.25) is 5.91 Å². The number of imide groups is 1. The van der Waals surface area contributed by atoms with E-state index in [0.29, 0.717) is 23.5 Å². The molecule has 1 atom stereocenters. The van der Waals surface area contributed by atoms with Crippen LogP contribution in [0.25, 0.3) is 0 Å². The van der Waals surface area contributed by atoms with Gasteiger partial charge in [-0.2, -0.15) is 13.2 Å². The number of alkyl halides is 3. The summed E-state index contributed by atoms with van der Waals surface area (Å²) in [7, 11) is -3.58. The molecule has 1 aromatic heterocycles. The van der Waals surface area contributed by atoms with Crippen LogP contribution in [0.15, 0.2) is 47.5 Å². The van der Waals surface area contributed by atoms with Crippen LogP contribution in [-0.4, -0.2) is 86.3 Å². The number of rotatable bonds is 6. The predicted octanol–water partition coefficient (Wildman–Crippen LogP) is 1.73. The summed E-state index contributed by atoms with van der Waals surface area (Å²) >= 11 is 0. The van der Waals surface area contributed by atoms with Gasteiger partial charge in [0, 0.05) is 39.3 Å². The number of aromatic nitrogens is 1. The van der Waals surface area contributed by atoms with Gasteiger partial charge in [0.25, 0.3) is 15.7 Å². The monoisotopic (exact) mass is 554 g/mol. The first kappa shape index (κ1) is 27.3. The summed E-state index contributed by atoms with van der Waals surface area (Å²) in [6.45, 7) is 3.95. The molecular weight excluding hydrogens is 529 g/mol. The van der Waals surface area contributed by atoms with Crippen molar-refractivity contribution >= 4 is 39.2 Å². The van der Waals surface area contributed by atoms with Gasteiger partial charge >= 0.3 is 11.5 Å². The Morgan fingerprint density at radius 2 is 1.68 bits per heavy atom. The van der Waals surface area contributed by atoms with E-state index in [-0.39, 0.29) is 5.69 Å². The molecule has 0 radical (unpaired) electrons. The van der Waals surface area contributed by atoms with Crippen LogP contribution in [0.1, 0.15) is 18.7 Å². The number of carbonyl (C=O) groups excluding carboxylic acids is 3. The van der Waals surface area contributed by atoms with Crippen molar-refractivity contribution in [1.29, 1.82) is 0 Å². The fourth-order valence-electron chi connectivity index (χ4n) is 4.23. The first-order chi connectivity index (χ1) is 17.8. The van der Waals surface area contributed by atoms with Crippen LogP contribution >= 0.6 is 0 Å². The molecule has 0 spiro atoms. The van der Waals surface area contributed by atoms with E-state index in [1.165, 1.54) is 13.1 Å². The van der Waals surface area contributed by atoms with Crippen molar-refractivity contribution in [2.75, 3.05) is 49.6 Å². The Kier molecular flexibility index (Phi) is 7.34. The standard InChI is InChI=1S/C23H25F3N6O5S/c1-15(33)28-21(16-7-8-27-19(13-16)30-11-9-29(2)10-12-30)31-14-20(34)32(22(31)35)17-3-5-18(6-4-17)38(36,37)23(24,25)26/h3-8,13,21H,9-12,14H2,1-2H3,(H,28,33). The minimum atomic E-state index is -5.59. The van der Waals surface area contributed by atoms with Crippen LogP contribution in [-0.2, 0) is 19.4 Å². The largest absolute Gasteiger partial charge is 0.501 e. The third-order valence-corrected chi connectivity index (χ3v) is 7.77. The number of amides is 4. The van der Waals surface area contributed by atoms with Gasteiger partial charge < -0.3 is 15.1 Å². The van der Waals surface area contributed by atoms with Crippen LogP contribution in [0.3, 0.4) is 0 Å². The molecule has 2 aliphatic rings. The Morgan fingerprint density at radius 1 is 1.05 bits per heavy atom. The van der Waals surface area contributed by atoms with Crippen molar-refractivity contribution in [2.24, 2.45) is 0 Å². The average molecular weight is 555 g/mol. The van der Waals surface area contributed by atoms with E-state index in [1.807, 2.05) is 7.05 Å². The highest BCUT2D eigenvalue weighted by Crippen LogP contribution is 2.33. The Hall–Kier alpha value is -3.72. The molecule has 2 aromatic rings. The second kappa shape index (κ2) is 10.2. The number of halogens is 3. The van der Waals surface area contributed by atoms with E-state index in [9.17, 15) is 36.0 Å². The molecule has 4 rings (SSSR count). The number of benzene rings is 1. The SMILES string of the molecule is CC(=O)NC(c1ccnc(N2CCN(C)CC2)c1)N1CC(=O)N(c2ccc(S(=O)(=O)C(F)(F)F)cc2)C1=O. The molecule has 15 heteroatoms. The lowest BCUT2D eigenvalue weighted by Crippen LogP contribution is -2.45. The molecule has 0 saturated carbocycles. The molecule has 1 unspecified atom stereocenters. The summed E-state index contributed by atoms with van der Waals surface area (Å²) in [5, 5.41) is 2.67. The molecule has 2 fully saturated rings. The molecule has 4 amide bonds. The van der Waals surface area contributed by atoms with Crippen molar-refractivity contribution in [3.63, 3.8) is 0 Å². The van der Waals surface area contributed by atoms with E-state index in [0.717, 1.165) is 48.1 Å². The number of sulfone groups is 1. The first-order valence-corrected chi connectivity index (χ1v) is 13.0. The van der Waals surface area contributed by atoms with E-state index in [4.69, 9.17) is 0 Å². The number of carbonyl (C=O) groups is 3. The second-order valence-corrected chi connectivity index (χ2v) is 10.9. The number of nitrogens with zero attached hydrogens (tertiary/aromatic N) is 5. The summed E-state index contributed by atoms with van der Waals surface area (Å²) in [4.78, 5) is 47.7. The number of likely N-dealkylation sites (N-methyl/N-ethyl adjacent to an activating group) is 1. The summed E-state index contributed by atoms with van der Waals surface area (Å²) in [6, 6.07) is 5.75. The normalized spacial score (nSPS) is 18.2. The zero-order valence-electron chi connectivity index (χ0n) is 20.5. The van der Waals surface area contributed by atoms with Crippen molar-refractivity contribution in [3.8, 4) is 0 Å². The van der Waals surface area contributed by atoms with Crippen LogP contribution < -0.4 is 15.1 Å². The Labute approximate surface area is 216 Å². The molecule has 1 aromatic carbocycles. The number of pyridine rings is 1. The smallest absolute Gasteiger partial charge is 0.354 e. The van der Waals surface area contributed by atoms with Gasteiger partial charge in [0.1, 0.15) is 18.5 Å². The van der Waals surface area contributed by atoms with Crippen LogP contribution in [0, 0.1) is 0 Å². The number of anilines is 2. The lowest BCUT2D eigenvalue weighted by atomic mass is 10.1. The minimum absolute atomic E-state index is 0.113. The molecule has 204 valence electrons. The number of piperazine rings is 1. The molecule has 38 heavy (non-hydrogen) atoms. The molecule has 11 nitrogen and oxygen atoms in total.